The summed E-state index contributed by atoms with van der Waals surface area (Å²) in [6.45, 7) is 0.376. The van der Waals surface area contributed by atoms with Gasteiger partial charge in [0, 0.05) is 18.2 Å². The average molecular weight is 495 g/mol. The smallest absolute Gasteiger partial charge is 0.407 e. The summed E-state index contributed by atoms with van der Waals surface area (Å²) in [5.41, 5.74) is 6.17. The molecule has 1 radical (unpaired) electrons. The van der Waals surface area contributed by atoms with E-state index in [4.69, 9.17) is 14.2 Å². The van der Waals surface area contributed by atoms with Crippen LogP contribution in [0.1, 0.15) is 34.3 Å². The fraction of sp³-hybridized carbons (Fsp3) is 0.194. The number of fused-ring (bicyclic) bond motifs is 3. The predicted octanol–water partition coefficient (Wildman–Crippen LogP) is 6.67. The number of benzene rings is 4. The summed E-state index contributed by atoms with van der Waals surface area (Å²) in [6, 6.07) is 28.6. The summed E-state index contributed by atoms with van der Waals surface area (Å²) in [5, 5.41) is 14.2. The van der Waals surface area contributed by atoms with E-state index in [1.807, 2.05) is 36.4 Å². The Morgan fingerprint density at radius 2 is 1.49 bits per heavy atom. The van der Waals surface area contributed by atoms with E-state index in [-0.39, 0.29) is 11.7 Å². The van der Waals surface area contributed by atoms with Gasteiger partial charge in [0.2, 0.25) is 0 Å². The molecular formula is C31H28NO5. The number of ether oxygens (including phenoxy) is 3. The zero-order valence-corrected chi connectivity index (χ0v) is 20.8. The Morgan fingerprint density at radius 1 is 0.838 bits per heavy atom. The molecule has 4 aromatic carbocycles. The van der Waals surface area contributed by atoms with Crippen LogP contribution in [0.3, 0.4) is 0 Å². The molecule has 6 heteroatoms. The highest BCUT2D eigenvalue weighted by Gasteiger charge is 2.38. The van der Waals surface area contributed by atoms with E-state index in [1.165, 1.54) is 12.1 Å². The number of rotatable bonds is 8. The van der Waals surface area contributed by atoms with Gasteiger partial charge in [-0.25, -0.2) is 4.79 Å². The van der Waals surface area contributed by atoms with Crippen LogP contribution in [0.5, 0.6) is 17.2 Å². The number of methoxy groups -OCH3 is 2. The molecule has 0 aliphatic heterocycles. The summed E-state index contributed by atoms with van der Waals surface area (Å²) in [4.78, 5) is 13.1. The first-order valence-electron chi connectivity index (χ1n) is 12.2. The normalized spacial score (nSPS) is 12.8. The van der Waals surface area contributed by atoms with Crippen LogP contribution in [0.2, 0.25) is 0 Å². The lowest BCUT2D eigenvalue weighted by Crippen LogP contribution is -2.30. The molecule has 5 rings (SSSR count). The van der Waals surface area contributed by atoms with Crippen molar-refractivity contribution in [3.8, 4) is 28.4 Å². The molecule has 6 nitrogen and oxygen atoms in total. The van der Waals surface area contributed by atoms with Gasteiger partial charge >= 0.3 is 6.09 Å². The van der Waals surface area contributed by atoms with Crippen molar-refractivity contribution in [3.05, 3.63) is 113 Å². The van der Waals surface area contributed by atoms with Crippen LogP contribution in [0.25, 0.3) is 11.1 Å². The molecule has 0 aromatic heterocycles. The quantitative estimate of drug-likeness (QED) is 0.297. The highest BCUT2D eigenvalue weighted by Crippen LogP contribution is 2.52. The van der Waals surface area contributed by atoms with Crippen LogP contribution >= 0.6 is 0 Å². The standard InChI is InChI=1S/C31H28NO5/c1-35-22-15-16-27(28(19-22)36-2)30(37-31(34)32-18-17-20-11-13-21(33)14-12-20)29-25-9-5-3-7-23(25)24-8-4-6-10-26(24)29/h3-16,19,29-30H,17-18H2,1-2H3,(H,32,34). The lowest BCUT2D eigenvalue weighted by Gasteiger charge is -2.27. The zero-order chi connectivity index (χ0) is 25.8. The summed E-state index contributed by atoms with van der Waals surface area (Å²) in [7, 11) is 3.20. The van der Waals surface area contributed by atoms with E-state index >= 15 is 0 Å². The SMILES string of the molecule is COc1ccc(C(OC(=O)NCCc2ccc([O])cc2)C2c3ccccc3-c3ccccc32)c(OC)c1. The number of alkyl carbamates (subject to hydrolysis) is 1. The largest absolute Gasteiger partial charge is 0.497 e. The van der Waals surface area contributed by atoms with Gasteiger partial charge in [0.05, 0.1) is 20.1 Å². The van der Waals surface area contributed by atoms with Crippen LogP contribution in [0, 0.1) is 0 Å². The topological polar surface area (TPSA) is 76.7 Å². The van der Waals surface area contributed by atoms with Crippen LogP contribution in [-0.4, -0.2) is 26.9 Å². The van der Waals surface area contributed by atoms with Crippen molar-refractivity contribution in [3.63, 3.8) is 0 Å². The van der Waals surface area contributed by atoms with Gasteiger partial charge in [-0.1, -0.05) is 60.7 Å². The van der Waals surface area contributed by atoms with E-state index in [9.17, 15) is 9.90 Å². The molecule has 4 aromatic rings. The Morgan fingerprint density at radius 3 is 2.11 bits per heavy atom. The molecule has 1 atom stereocenters. The monoisotopic (exact) mass is 494 g/mol. The van der Waals surface area contributed by atoms with E-state index < -0.39 is 12.2 Å². The lowest BCUT2D eigenvalue weighted by atomic mass is 9.86. The summed E-state index contributed by atoms with van der Waals surface area (Å²) in [5.74, 6) is 0.978. The molecule has 1 aliphatic carbocycles. The van der Waals surface area contributed by atoms with Gasteiger partial charge in [-0.15, -0.1) is 0 Å². The van der Waals surface area contributed by atoms with Gasteiger partial charge in [0.15, 0.2) is 5.75 Å². The number of nitrogens with one attached hydrogen (secondary N) is 1. The molecule has 0 saturated heterocycles. The second-order valence-corrected chi connectivity index (χ2v) is 8.91. The van der Waals surface area contributed by atoms with Gasteiger partial charge in [-0.05, 0) is 58.5 Å². The van der Waals surface area contributed by atoms with Crippen molar-refractivity contribution >= 4 is 6.09 Å². The van der Waals surface area contributed by atoms with Gasteiger partial charge in [-0.3, -0.25) is 5.11 Å². The Balaban J connectivity index is 1.47. The summed E-state index contributed by atoms with van der Waals surface area (Å²) < 4.78 is 17.3. The number of hydrogen-bond acceptors (Lipinski definition) is 4. The summed E-state index contributed by atoms with van der Waals surface area (Å²) >= 11 is 0. The van der Waals surface area contributed by atoms with E-state index in [0.717, 1.165) is 33.4 Å². The zero-order valence-electron chi connectivity index (χ0n) is 20.8. The van der Waals surface area contributed by atoms with Gasteiger partial charge in [0.25, 0.3) is 0 Å². The molecule has 1 aliphatic rings. The minimum absolute atomic E-state index is 0.0375. The maximum Gasteiger partial charge on any atom is 0.407 e. The number of carbonyl (C=O) groups is 1. The van der Waals surface area contributed by atoms with Crippen molar-refractivity contribution in [2.24, 2.45) is 0 Å². The van der Waals surface area contributed by atoms with Gasteiger partial charge < -0.3 is 19.5 Å². The Hall–Kier alpha value is -4.45. The first-order chi connectivity index (χ1) is 18.1. The fourth-order valence-electron chi connectivity index (χ4n) is 5.01. The summed E-state index contributed by atoms with van der Waals surface area (Å²) in [6.07, 6.45) is -0.586. The lowest BCUT2D eigenvalue weighted by molar-refractivity contribution is 0.0874. The van der Waals surface area contributed by atoms with Gasteiger partial charge in [0.1, 0.15) is 17.6 Å². The van der Waals surface area contributed by atoms with Crippen molar-refractivity contribution in [2.45, 2.75) is 18.4 Å². The molecule has 0 heterocycles. The number of hydrogen-bond donors (Lipinski definition) is 1. The molecule has 187 valence electrons. The van der Waals surface area contributed by atoms with Crippen molar-refractivity contribution in [1.29, 1.82) is 0 Å². The van der Waals surface area contributed by atoms with Crippen molar-refractivity contribution in [1.82, 2.24) is 5.32 Å². The molecule has 1 unspecified atom stereocenters. The van der Waals surface area contributed by atoms with E-state index in [1.54, 1.807) is 32.4 Å². The fourth-order valence-corrected chi connectivity index (χ4v) is 5.01. The van der Waals surface area contributed by atoms with E-state index in [0.29, 0.717) is 24.5 Å². The predicted molar refractivity (Wildman–Crippen MR) is 141 cm³/mol. The maximum atomic E-state index is 13.1. The van der Waals surface area contributed by atoms with Crippen molar-refractivity contribution < 1.29 is 24.1 Å². The Labute approximate surface area is 216 Å². The Kier molecular flexibility index (Phi) is 6.99. The molecule has 1 amide bonds. The molecule has 1 N–H and O–H groups in total. The highest BCUT2D eigenvalue weighted by molar-refractivity contribution is 5.80. The number of carbonyl (C=O) groups excluding carboxylic acids is 1. The third-order valence-corrected chi connectivity index (χ3v) is 6.77. The molecule has 0 spiro atoms. The van der Waals surface area contributed by atoms with Crippen LogP contribution < -0.4 is 14.8 Å². The number of amides is 1. The molecule has 37 heavy (non-hydrogen) atoms. The van der Waals surface area contributed by atoms with E-state index in [2.05, 4.69) is 29.6 Å². The second-order valence-electron chi connectivity index (χ2n) is 8.91. The highest BCUT2D eigenvalue weighted by atomic mass is 16.6. The van der Waals surface area contributed by atoms with Crippen LogP contribution in [0.15, 0.2) is 91.0 Å². The maximum absolute atomic E-state index is 13.1. The van der Waals surface area contributed by atoms with Crippen LogP contribution in [-0.2, 0) is 16.3 Å². The molecule has 0 saturated carbocycles. The van der Waals surface area contributed by atoms with Crippen LogP contribution in [0.4, 0.5) is 4.79 Å². The molecular weight excluding hydrogens is 466 g/mol. The molecule has 0 fully saturated rings. The molecule has 0 bridgehead atoms. The third kappa shape index (κ3) is 4.96. The average Bonchev–Trinajstić information content (AvgIpc) is 3.27. The van der Waals surface area contributed by atoms with Gasteiger partial charge in [-0.2, -0.15) is 0 Å². The first-order valence-corrected chi connectivity index (χ1v) is 12.2. The Bertz CT molecular complexity index is 1350. The minimum atomic E-state index is -0.648. The minimum Gasteiger partial charge on any atom is -0.497 e. The first kappa shape index (κ1) is 24.3. The second kappa shape index (κ2) is 10.7. The third-order valence-electron chi connectivity index (χ3n) is 6.77. The van der Waals surface area contributed by atoms with Crippen molar-refractivity contribution in [2.75, 3.05) is 20.8 Å².